The van der Waals surface area contributed by atoms with Crippen molar-refractivity contribution >= 4 is 22.7 Å². The third-order valence-electron chi connectivity index (χ3n) is 1.77. The first kappa shape index (κ1) is 11.0. The predicted molar refractivity (Wildman–Crippen MR) is 58.5 cm³/mol. The van der Waals surface area contributed by atoms with Crippen LogP contribution in [0.4, 0.5) is 0 Å². The Labute approximate surface area is 87.7 Å². The number of hydrogen-bond acceptors (Lipinski definition) is 3. The van der Waals surface area contributed by atoms with Gasteiger partial charge < -0.3 is 0 Å². The molecule has 1 rings (SSSR count). The second-order valence-electron chi connectivity index (χ2n) is 2.83. The lowest BCUT2D eigenvalue weighted by Gasteiger charge is -1.98. The zero-order chi connectivity index (χ0) is 10.4. The molecule has 0 aliphatic rings. The zero-order valence-corrected chi connectivity index (χ0v) is 8.84. The highest BCUT2D eigenvalue weighted by atomic mass is 32.2. The maximum atomic E-state index is 11.5. The molecule has 0 fully saturated rings. The number of ketones is 1. The van der Waals surface area contributed by atoms with Crippen LogP contribution < -0.4 is 0 Å². The molecular formula is C11H12O2S. The van der Waals surface area contributed by atoms with Gasteiger partial charge in [-0.1, -0.05) is 49.0 Å². The van der Waals surface area contributed by atoms with Crippen molar-refractivity contribution in [2.75, 3.05) is 5.75 Å². The molecule has 0 spiro atoms. The standard InChI is InChI=1S/C11H12O2S/c1-2-10(12)8-14-11(13)9-6-4-3-5-7-9/h3-7H,2,8H2,1H3. The number of carbonyl (C=O) groups excluding carboxylic acids is 2. The van der Waals surface area contributed by atoms with Crippen molar-refractivity contribution in [3.8, 4) is 0 Å². The number of carbonyl (C=O) groups is 2. The molecule has 0 saturated heterocycles. The van der Waals surface area contributed by atoms with E-state index < -0.39 is 0 Å². The third-order valence-corrected chi connectivity index (χ3v) is 2.73. The van der Waals surface area contributed by atoms with Gasteiger partial charge in [0.1, 0.15) is 5.78 Å². The van der Waals surface area contributed by atoms with E-state index in [1.807, 2.05) is 18.2 Å². The van der Waals surface area contributed by atoms with Crippen LogP contribution in [0, 0.1) is 0 Å². The maximum absolute atomic E-state index is 11.5. The van der Waals surface area contributed by atoms with Crippen LogP contribution in [0.2, 0.25) is 0 Å². The number of hydrogen-bond donors (Lipinski definition) is 0. The van der Waals surface area contributed by atoms with Gasteiger partial charge in [0.2, 0.25) is 5.12 Å². The Morgan fingerprint density at radius 1 is 1.21 bits per heavy atom. The quantitative estimate of drug-likeness (QED) is 0.762. The molecule has 0 aliphatic heterocycles. The van der Waals surface area contributed by atoms with Crippen molar-refractivity contribution in [2.45, 2.75) is 13.3 Å². The first-order valence-corrected chi connectivity index (χ1v) is 5.46. The molecule has 0 heterocycles. The molecule has 0 atom stereocenters. The van der Waals surface area contributed by atoms with Crippen LogP contribution in [0.15, 0.2) is 30.3 Å². The molecular weight excluding hydrogens is 196 g/mol. The van der Waals surface area contributed by atoms with Gasteiger partial charge in [-0.3, -0.25) is 9.59 Å². The lowest BCUT2D eigenvalue weighted by atomic mass is 10.2. The van der Waals surface area contributed by atoms with E-state index in [0.717, 1.165) is 11.8 Å². The van der Waals surface area contributed by atoms with E-state index in [1.54, 1.807) is 19.1 Å². The Morgan fingerprint density at radius 3 is 2.43 bits per heavy atom. The highest BCUT2D eigenvalue weighted by molar-refractivity contribution is 8.14. The summed E-state index contributed by atoms with van der Waals surface area (Å²) in [5, 5.41) is -0.0348. The summed E-state index contributed by atoms with van der Waals surface area (Å²) in [6, 6.07) is 9.00. The van der Waals surface area contributed by atoms with Crippen molar-refractivity contribution in [1.29, 1.82) is 0 Å². The molecule has 0 amide bonds. The zero-order valence-electron chi connectivity index (χ0n) is 8.03. The lowest BCUT2D eigenvalue weighted by Crippen LogP contribution is -2.02. The van der Waals surface area contributed by atoms with Crippen molar-refractivity contribution in [1.82, 2.24) is 0 Å². The third kappa shape index (κ3) is 3.34. The summed E-state index contributed by atoms with van der Waals surface area (Å²) in [4.78, 5) is 22.5. The average molecular weight is 208 g/mol. The Kier molecular flexibility index (Phi) is 4.40. The first-order valence-electron chi connectivity index (χ1n) is 4.48. The second-order valence-corrected chi connectivity index (χ2v) is 3.78. The molecule has 74 valence electrons. The van der Waals surface area contributed by atoms with Gasteiger partial charge in [0.25, 0.3) is 0 Å². The molecule has 0 radical (unpaired) electrons. The van der Waals surface area contributed by atoms with Gasteiger partial charge in [0.05, 0.1) is 5.75 Å². The minimum Gasteiger partial charge on any atom is -0.299 e. The lowest BCUT2D eigenvalue weighted by molar-refractivity contribution is -0.116. The van der Waals surface area contributed by atoms with Crippen molar-refractivity contribution in [3.63, 3.8) is 0 Å². The van der Waals surface area contributed by atoms with Gasteiger partial charge in [-0.2, -0.15) is 0 Å². The Balaban J connectivity index is 2.48. The molecule has 2 nitrogen and oxygen atoms in total. The monoisotopic (exact) mass is 208 g/mol. The number of rotatable bonds is 4. The van der Waals surface area contributed by atoms with Gasteiger partial charge >= 0.3 is 0 Å². The largest absolute Gasteiger partial charge is 0.299 e. The fraction of sp³-hybridized carbons (Fsp3) is 0.273. The molecule has 1 aromatic carbocycles. The summed E-state index contributed by atoms with van der Waals surface area (Å²) in [5.41, 5.74) is 0.654. The summed E-state index contributed by atoms with van der Waals surface area (Å²) < 4.78 is 0. The SMILES string of the molecule is CCC(=O)CSC(=O)c1ccccc1. The van der Waals surface area contributed by atoms with E-state index in [1.165, 1.54) is 0 Å². The summed E-state index contributed by atoms with van der Waals surface area (Å²) in [7, 11) is 0. The first-order chi connectivity index (χ1) is 6.74. The van der Waals surface area contributed by atoms with Gasteiger partial charge in [-0.25, -0.2) is 0 Å². The molecule has 1 aromatic rings. The smallest absolute Gasteiger partial charge is 0.219 e. The van der Waals surface area contributed by atoms with Crippen LogP contribution in [0.25, 0.3) is 0 Å². The fourth-order valence-corrected chi connectivity index (χ4v) is 1.70. The van der Waals surface area contributed by atoms with Crippen LogP contribution in [0.3, 0.4) is 0 Å². The van der Waals surface area contributed by atoms with E-state index in [9.17, 15) is 9.59 Å². The van der Waals surface area contributed by atoms with E-state index in [0.29, 0.717) is 12.0 Å². The number of thioether (sulfide) groups is 1. The normalized spacial score (nSPS) is 9.79. The highest BCUT2D eigenvalue weighted by Crippen LogP contribution is 2.12. The van der Waals surface area contributed by atoms with Crippen molar-refractivity contribution in [3.05, 3.63) is 35.9 Å². The van der Waals surface area contributed by atoms with E-state index >= 15 is 0 Å². The number of Topliss-reactive ketones (excluding diaryl/α,β-unsaturated/α-hetero) is 1. The molecule has 0 bridgehead atoms. The molecule has 0 aliphatic carbocycles. The summed E-state index contributed by atoms with van der Waals surface area (Å²) in [6.07, 6.45) is 0.495. The summed E-state index contributed by atoms with van der Waals surface area (Å²) >= 11 is 1.07. The van der Waals surface area contributed by atoms with Crippen LogP contribution in [0.1, 0.15) is 23.7 Å². The Morgan fingerprint density at radius 2 is 1.86 bits per heavy atom. The fourth-order valence-electron chi connectivity index (χ4n) is 0.906. The molecule has 0 N–H and O–H groups in total. The average Bonchev–Trinajstić information content (AvgIpc) is 2.26. The van der Waals surface area contributed by atoms with Gasteiger partial charge in [0, 0.05) is 12.0 Å². The van der Waals surface area contributed by atoms with E-state index in [4.69, 9.17) is 0 Å². The minimum atomic E-state index is -0.0348. The highest BCUT2D eigenvalue weighted by Gasteiger charge is 2.07. The van der Waals surface area contributed by atoms with Crippen LogP contribution in [-0.2, 0) is 4.79 Å². The molecule has 0 unspecified atom stereocenters. The van der Waals surface area contributed by atoms with Crippen molar-refractivity contribution in [2.24, 2.45) is 0 Å². The van der Waals surface area contributed by atoms with Gasteiger partial charge in [-0.15, -0.1) is 0 Å². The predicted octanol–water partition coefficient (Wildman–Crippen LogP) is 2.54. The summed E-state index contributed by atoms with van der Waals surface area (Å²) in [5.74, 6) is 0.392. The molecule has 0 saturated carbocycles. The van der Waals surface area contributed by atoms with Crippen LogP contribution in [0.5, 0.6) is 0 Å². The van der Waals surface area contributed by atoms with E-state index in [-0.39, 0.29) is 16.7 Å². The van der Waals surface area contributed by atoms with Gasteiger partial charge in [-0.05, 0) is 0 Å². The van der Waals surface area contributed by atoms with E-state index in [2.05, 4.69) is 0 Å². The van der Waals surface area contributed by atoms with Crippen LogP contribution >= 0.6 is 11.8 Å². The molecule has 0 aromatic heterocycles. The maximum Gasteiger partial charge on any atom is 0.219 e. The number of benzene rings is 1. The second kappa shape index (κ2) is 5.60. The molecule has 14 heavy (non-hydrogen) atoms. The molecule has 3 heteroatoms. The Hall–Kier alpha value is -1.09. The van der Waals surface area contributed by atoms with Crippen molar-refractivity contribution < 1.29 is 9.59 Å². The Bertz CT molecular complexity index is 319. The van der Waals surface area contributed by atoms with Crippen LogP contribution in [-0.4, -0.2) is 16.7 Å². The summed E-state index contributed by atoms with van der Waals surface area (Å²) in [6.45, 7) is 1.80. The topological polar surface area (TPSA) is 34.1 Å². The minimum absolute atomic E-state index is 0.0348. The van der Waals surface area contributed by atoms with Gasteiger partial charge in [0.15, 0.2) is 0 Å².